The summed E-state index contributed by atoms with van der Waals surface area (Å²) in [6, 6.07) is -11.9. The average Bonchev–Trinajstić information content (AvgIpc) is 4.30. The lowest BCUT2D eigenvalue weighted by atomic mass is 9.99. The van der Waals surface area contributed by atoms with Crippen LogP contribution in [-0.2, 0) is 60.8 Å². The largest absolute Gasteiger partial charge is 0.348 e. The smallest absolute Gasteiger partial charge is 0.246 e. The Hall–Kier alpha value is -6.96. The predicted octanol–water partition coefficient (Wildman–Crippen LogP) is -0.546. The maximum absolute atomic E-state index is 14.8. The van der Waals surface area contributed by atoms with Gasteiger partial charge in [0.2, 0.25) is 59.1 Å². The molecule has 26 nitrogen and oxygen atoms in total. The van der Waals surface area contributed by atoms with E-state index in [1.165, 1.54) is 34.8 Å². The summed E-state index contributed by atoms with van der Waals surface area (Å²) < 4.78 is 0. The van der Waals surface area contributed by atoms with E-state index < -0.39 is 131 Å². The van der Waals surface area contributed by atoms with Crippen molar-refractivity contribution in [1.29, 1.82) is 0 Å². The molecular weight excluding hydrogens is 1060 g/mol. The molecule has 0 saturated carbocycles. The van der Waals surface area contributed by atoms with Gasteiger partial charge in [-0.1, -0.05) is 55.4 Å². The Morgan fingerprint density at radius 2 is 0.793 bits per heavy atom. The number of carbonyl (C=O) groups is 10. The Morgan fingerprint density at radius 1 is 0.451 bits per heavy atom. The zero-order valence-electron chi connectivity index (χ0n) is 49.1. The van der Waals surface area contributed by atoms with Crippen LogP contribution >= 0.6 is 0 Å². The molecule has 3 saturated heterocycles. The molecule has 14 N–H and O–H groups in total. The van der Waals surface area contributed by atoms with Gasteiger partial charge in [0.1, 0.15) is 60.4 Å². The molecule has 2 aromatic rings. The molecular formula is C56H92N16O10. The lowest BCUT2D eigenvalue weighted by Crippen LogP contribution is -2.62. The highest BCUT2D eigenvalue weighted by Crippen LogP contribution is 2.23. The molecule has 3 aliphatic heterocycles. The van der Waals surface area contributed by atoms with E-state index in [9.17, 15) is 47.9 Å². The molecule has 3 aliphatic rings. The van der Waals surface area contributed by atoms with Crippen LogP contribution in [0.4, 0.5) is 0 Å². The molecule has 0 bridgehead atoms. The van der Waals surface area contributed by atoms with Crippen molar-refractivity contribution in [3.63, 3.8) is 0 Å². The quantitative estimate of drug-likeness (QED) is 0.0835. The van der Waals surface area contributed by atoms with E-state index >= 15 is 0 Å². The zero-order chi connectivity index (χ0) is 60.2. The van der Waals surface area contributed by atoms with Crippen LogP contribution < -0.4 is 54.0 Å². The van der Waals surface area contributed by atoms with Gasteiger partial charge in [0.05, 0.1) is 12.7 Å². The predicted molar refractivity (Wildman–Crippen MR) is 304 cm³/mol. The molecule has 5 heterocycles. The topological polar surface area (TPSA) is 383 Å². The molecule has 0 aliphatic carbocycles. The number of unbranched alkanes of at least 4 members (excludes halogenated alkanes) is 2. The van der Waals surface area contributed by atoms with E-state index in [4.69, 9.17) is 11.5 Å². The Labute approximate surface area is 481 Å². The number of rotatable bonds is 18. The van der Waals surface area contributed by atoms with E-state index in [1.54, 1.807) is 27.7 Å². The van der Waals surface area contributed by atoms with E-state index in [0.29, 0.717) is 63.0 Å². The van der Waals surface area contributed by atoms with Crippen LogP contribution in [0.25, 0.3) is 0 Å². The van der Waals surface area contributed by atoms with Gasteiger partial charge in [0, 0.05) is 49.7 Å². The van der Waals surface area contributed by atoms with Crippen LogP contribution in [0.1, 0.15) is 144 Å². The minimum Gasteiger partial charge on any atom is -0.348 e. The number of carbonyl (C=O) groups excluding carboxylic acids is 10. The van der Waals surface area contributed by atoms with E-state index in [-0.39, 0.29) is 76.3 Å². The van der Waals surface area contributed by atoms with Crippen molar-refractivity contribution in [2.75, 3.05) is 26.2 Å². The van der Waals surface area contributed by atoms with Crippen LogP contribution in [0.3, 0.4) is 0 Å². The molecule has 3 fully saturated rings. The summed E-state index contributed by atoms with van der Waals surface area (Å²) in [7, 11) is 0. The summed E-state index contributed by atoms with van der Waals surface area (Å²) in [6.45, 7) is 15.2. The first kappa shape index (κ1) is 65.8. The first-order chi connectivity index (χ1) is 39.0. The number of aromatic nitrogens is 4. The summed E-state index contributed by atoms with van der Waals surface area (Å²) in [6.07, 6.45) is 9.35. The number of aromatic amines is 2. The van der Waals surface area contributed by atoms with Crippen LogP contribution in [0.15, 0.2) is 25.0 Å². The average molecular weight is 1150 g/mol. The fraction of sp³-hybridized carbons (Fsp3) is 0.714. The Balaban J connectivity index is 1.58. The standard InChI is InChI=1S/C56H92N16O10/c1-31(2)23-39-49(75)67-41(25-35-27-59-29-61-35)55(81)71-21-13-17-43(71)51(77)70-46(34(7)8)54(80)64-38(16-10-12-20-58)48(74)66-40(24-32(3)4)50(76)68-42(26-36-28-60-30-62-36)56(82)72-22-14-18-44(72)52(78)69-45(33(5)6)53(79)63-37(47(73)65-39)15-9-11-19-57/h27-34,37-46H,9-26,57-58H2,1-8H3,(H,59,61)(H,60,62)(H,63,79)(H,64,80)(H,65,73)(H,66,74)(H,67,75)(H,68,76)(H,69,78)(H,70,77)/t37-,38-,39-,40-,41-,42-,43-,44-,45-,46+/m0/s1. The fourth-order valence-electron chi connectivity index (χ4n) is 10.7. The van der Waals surface area contributed by atoms with Crippen LogP contribution in [0, 0.1) is 23.7 Å². The summed E-state index contributed by atoms with van der Waals surface area (Å²) in [5.41, 5.74) is 12.7. The molecule has 10 atom stereocenters. The molecule has 26 heteroatoms. The Bertz CT molecular complexity index is 2290. The third kappa shape index (κ3) is 19.1. The number of nitrogens with two attached hydrogens (primary N) is 2. The maximum atomic E-state index is 14.8. The SMILES string of the molecule is CC(C)C[C@@H]1NC(=O)[C@H](CCCCN)NC(=O)[C@@H](C(C)C)NC(=O)[C@@H]2CCCN2C(=O)[C@H](Cc2cnc[nH]2)NC(=O)[C@H](CC(C)C)NC(=O)[C@H](CCCCN)NC(=O)[C@H](C(C)C)NC(=O)[C@@H]2CCCN2C(=O)[C@H](Cc2cnc[nH]2)NC1=O. The van der Waals surface area contributed by atoms with Crippen molar-refractivity contribution in [2.45, 2.75) is 206 Å². The summed E-state index contributed by atoms with van der Waals surface area (Å²) in [4.78, 5) is 162. The van der Waals surface area contributed by atoms with Gasteiger partial charge in [-0.25, -0.2) is 9.97 Å². The number of fused-ring (bicyclic) bond motifs is 2. The third-order valence-corrected chi connectivity index (χ3v) is 15.2. The number of hydrogen-bond donors (Lipinski definition) is 12. The molecule has 0 aromatic carbocycles. The lowest BCUT2D eigenvalue weighted by molar-refractivity contribution is -0.143. The lowest BCUT2D eigenvalue weighted by Gasteiger charge is -2.32. The van der Waals surface area contributed by atoms with Gasteiger partial charge >= 0.3 is 0 Å². The molecule has 82 heavy (non-hydrogen) atoms. The van der Waals surface area contributed by atoms with Crippen molar-refractivity contribution in [3.05, 3.63) is 36.4 Å². The number of nitrogens with one attached hydrogen (secondary N) is 10. The van der Waals surface area contributed by atoms with E-state index in [1.807, 2.05) is 27.7 Å². The second-order valence-electron chi connectivity index (χ2n) is 23.6. The summed E-state index contributed by atoms with van der Waals surface area (Å²) in [5, 5.41) is 22.8. The summed E-state index contributed by atoms with van der Waals surface area (Å²) >= 11 is 0. The van der Waals surface area contributed by atoms with Crippen LogP contribution in [0.5, 0.6) is 0 Å². The number of hydrogen-bond acceptors (Lipinski definition) is 14. The van der Waals surface area contributed by atoms with Crippen LogP contribution in [0.2, 0.25) is 0 Å². The molecule has 456 valence electrons. The number of H-pyrrole nitrogens is 2. The van der Waals surface area contributed by atoms with Gasteiger partial charge in [0.25, 0.3) is 0 Å². The highest BCUT2D eigenvalue weighted by atomic mass is 16.2. The Kier molecular flexibility index (Phi) is 25.7. The van der Waals surface area contributed by atoms with Gasteiger partial charge in [-0.2, -0.15) is 0 Å². The second kappa shape index (κ2) is 32.0. The Morgan fingerprint density at radius 3 is 1.11 bits per heavy atom. The molecule has 0 radical (unpaired) electrons. The monoisotopic (exact) mass is 1150 g/mol. The van der Waals surface area contributed by atoms with E-state index in [2.05, 4.69) is 62.5 Å². The highest BCUT2D eigenvalue weighted by molar-refractivity contribution is 6.00. The van der Waals surface area contributed by atoms with Gasteiger partial charge in [-0.3, -0.25) is 47.9 Å². The minimum atomic E-state index is -1.27. The third-order valence-electron chi connectivity index (χ3n) is 15.2. The first-order valence-corrected chi connectivity index (χ1v) is 29.4. The van der Waals surface area contributed by atoms with E-state index in [0.717, 1.165) is 0 Å². The number of amides is 10. The van der Waals surface area contributed by atoms with Crippen molar-refractivity contribution in [1.82, 2.24) is 72.3 Å². The molecule has 0 unspecified atom stereocenters. The number of imidazole rings is 2. The molecule has 5 rings (SSSR count). The van der Waals surface area contributed by atoms with Crippen molar-refractivity contribution in [2.24, 2.45) is 35.1 Å². The summed E-state index contributed by atoms with van der Waals surface area (Å²) in [5.74, 6) is -7.93. The zero-order valence-corrected chi connectivity index (χ0v) is 49.1. The maximum Gasteiger partial charge on any atom is 0.246 e. The van der Waals surface area contributed by atoms with Crippen molar-refractivity contribution < 1.29 is 47.9 Å². The van der Waals surface area contributed by atoms with Crippen molar-refractivity contribution >= 4 is 59.1 Å². The second-order valence-corrected chi connectivity index (χ2v) is 23.6. The minimum absolute atomic E-state index is 0.0687. The van der Waals surface area contributed by atoms with Gasteiger partial charge < -0.3 is 73.8 Å². The normalized spacial score (nSPS) is 26.7. The molecule has 10 amide bonds. The molecule has 2 aromatic heterocycles. The van der Waals surface area contributed by atoms with Gasteiger partial charge in [0.15, 0.2) is 0 Å². The van der Waals surface area contributed by atoms with Crippen LogP contribution in [-0.4, -0.2) is 175 Å². The van der Waals surface area contributed by atoms with Gasteiger partial charge in [-0.05, 0) is 114 Å². The highest BCUT2D eigenvalue weighted by Gasteiger charge is 2.43. The first-order valence-electron chi connectivity index (χ1n) is 29.4. The van der Waals surface area contributed by atoms with Gasteiger partial charge in [-0.15, -0.1) is 0 Å². The fourth-order valence-corrected chi connectivity index (χ4v) is 10.7. The number of nitrogens with zero attached hydrogens (tertiary/aromatic N) is 4. The van der Waals surface area contributed by atoms with Crippen molar-refractivity contribution in [3.8, 4) is 0 Å². The molecule has 0 spiro atoms.